The molecule has 0 aromatic carbocycles. The number of fused-ring (bicyclic) bond motifs is 1. The topological polar surface area (TPSA) is 66.8 Å². The molecule has 0 bridgehead atoms. The van der Waals surface area contributed by atoms with E-state index in [4.69, 9.17) is 9.84 Å². The summed E-state index contributed by atoms with van der Waals surface area (Å²) in [7, 11) is 0. The summed E-state index contributed by atoms with van der Waals surface area (Å²) < 4.78 is 5.60. The summed E-state index contributed by atoms with van der Waals surface area (Å²) in [5, 5.41) is 20.1. The lowest BCUT2D eigenvalue weighted by Crippen LogP contribution is -2.41. The molecule has 0 radical (unpaired) electrons. The van der Waals surface area contributed by atoms with Gasteiger partial charge >= 0.3 is 5.97 Å². The van der Waals surface area contributed by atoms with Crippen LogP contribution in [0.4, 0.5) is 0 Å². The number of carboxylic acid groups (broad SMARTS) is 1. The smallest absolute Gasteiger partial charge is 0.340 e. The van der Waals surface area contributed by atoms with Gasteiger partial charge in [0.25, 0.3) is 0 Å². The van der Waals surface area contributed by atoms with Crippen LogP contribution in [0.3, 0.4) is 0 Å². The Hall–Kier alpha value is -0.910. The Bertz CT molecular complexity index is 401. The van der Waals surface area contributed by atoms with Gasteiger partial charge in [0.2, 0.25) is 0 Å². The van der Waals surface area contributed by atoms with Crippen molar-refractivity contribution >= 4 is 17.3 Å². The maximum Gasteiger partial charge on any atom is 0.340 e. The first kappa shape index (κ1) is 12.5. The van der Waals surface area contributed by atoms with Gasteiger partial charge in [-0.3, -0.25) is 0 Å². The van der Waals surface area contributed by atoms with Crippen LogP contribution in [0.25, 0.3) is 0 Å². The molecule has 0 saturated carbocycles. The van der Waals surface area contributed by atoms with Crippen molar-refractivity contribution < 1.29 is 19.7 Å². The Morgan fingerprint density at radius 1 is 1.59 bits per heavy atom. The zero-order valence-corrected chi connectivity index (χ0v) is 10.3. The lowest BCUT2D eigenvalue weighted by Gasteiger charge is -2.33. The van der Waals surface area contributed by atoms with Gasteiger partial charge < -0.3 is 14.9 Å². The molecule has 0 saturated heterocycles. The predicted octanol–water partition coefficient (Wildman–Crippen LogP) is 1.76. The van der Waals surface area contributed by atoms with Crippen LogP contribution in [0, 0.1) is 0 Å². The van der Waals surface area contributed by atoms with Crippen LogP contribution in [-0.2, 0) is 21.6 Å². The van der Waals surface area contributed by atoms with Crippen LogP contribution in [0.5, 0.6) is 0 Å². The van der Waals surface area contributed by atoms with Crippen molar-refractivity contribution in [2.75, 3.05) is 13.2 Å². The van der Waals surface area contributed by atoms with E-state index in [1.807, 2.05) is 11.4 Å². The molecule has 1 aromatic heterocycles. The average Bonchev–Trinajstić information content (AvgIpc) is 2.78. The van der Waals surface area contributed by atoms with Crippen molar-refractivity contribution in [2.24, 2.45) is 0 Å². The van der Waals surface area contributed by atoms with Crippen LogP contribution in [-0.4, -0.2) is 29.4 Å². The molecule has 1 atom stereocenters. The monoisotopic (exact) mass is 256 g/mol. The maximum absolute atomic E-state index is 11.5. The molecule has 0 aliphatic heterocycles. The molecule has 0 fully saturated rings. The molecule has 0 spiro atoms. The highest BCUT2D eigenvalue weighted by Crippen LogP contribution is 2.41. The van der Waals surface area contributed by atoms with Gasteiger partial charge in [-0.15, -0.1) is 11.3 Å². The number of carbonyl (C=O) groups is 1. The summed E-state index contributed by atoms with van der Waals surface area (Å²) in [6, 6.07) is 1.85. The number of aliphatic hydroxyl groups excluding tert-OH is 1. The van der Waals surface area contributed by atoms with Gasteiger partial charge in [0.1, 0.15) is 0 Å². The number of hydrogen-bond acceptors (Lipinski definition) is 4. The van der Waals surface area contributed by atoms with E-state index in [2.05, 4.69) is 0 Å². The average molecular weight is 256 g/mol. The van der Waals surface area contributed by atoms with Crippen LogP contribution in [0.1, 0.15) is 29.7 Å². The molecule has 2 N–H and O–H groups in total. The quantitative estimate of drug-likeness (QED) is 0.788. The second-order valence-corrected chi connectivity index (χ2v) is 5.17. The highest BCUT2D eigenvalue weighted by Gasteiger charge is 2.45. The molecule has 1 heterocycles. The normalized spacial score (nSPS) is 23.4. The predicted molar refractivity (Wildman–Crippen MR) is 64.2 cm³/mol. The van der Waals surface area contributed by atoms with Gasteiger partial charge in [-0.05, 0) is 37.1 Å². The van der Waals surface area contributed by atoms with E-state index < -0.39 is 11.6 Å². The Balaban J connectivity index is 2.27. The third-order valence-electron chi connectivity index (χ3n) is 3.11. The molecule has 1 unspecified atom stereocenters. The van der Waals surface area contributed by atoms with Crippen LogP contribution in [0.2, 0.25) is 0 Å². The van der Waals surface area contributed by atoms with Crippen molar-refractivity contribution in [3.8, 4) is 0 Å². The van der Waals surface area contributed by atoms with E-state index in [-0.39, 0.29) is 13.2 Å². The fourth-order valence-electron chi connectivity index (χ4n) is 2.27. The molecular weight excluding hydrogens is 240 g/mol. The maximum atomic E-state index is 11.5. The van der Waals surface area contributed by atoms with E-state index >= 15 is 0 Å². The zero-order valence-electron chi connectivity index (χ0n) is 9.52. The van der Waals surface area contributed by atoms with Crippen LogP contribution >= 0.6 is 11.3 Å². The van der Waals surface area contributed by atoms with Gasteiger partial charge in [-0.2, -0.15) is 0 Å². The molecule has 1 aromatic rings. The number of aliphatic hydroxyl groups is 1. The van der Waals surface area contributed by atoms with Gasteiger partial charge in [-0.25, -0.2) is 4.79 Å². The fraction of sp³-hybridized carbons (Fsp3) is 0.583. The summed E-state index contributed by atoms with van der Waals surface area (Å²) in [5.74, 6) is -0.921. The van der Waals surface area contributed by atoms with Gasteiger partial charge in [0.05, 0.1) is 6.61 Å². The molecule has 1 aliphatic rings. The third kappa shape index (κ3) is 2.22. The minimum Gasteiger partial charge on any atom is -0.479 e. The summed E-state index contributed by atoms with van der Waals surface area (Å²) in [6.07, 6.45) is 2.75. The Morgan fingerprint density at radius 3 is 3.12 bits per heavy atom. The second-order valence-electron chi connectivity index (χ2n) is 4.17. The molecule has 5 heteroatoms. The minimum absolute atomic E-state index is 0.0200. The second kappa shape index (κ2) is 5.16. The first-order chi connectivity index (χ1) is 8.20. The van der Waals surface area contributed by atoms with E-state index in [1.54, 1.807) is 11.3 Å². The summed E-state index contributed by atoms with van der Waals surface area (Å²) in [6.45, 7) is 0.296. The number of aliphatic carboxylic acids is 1. The summed E-state index contributed by atoms with van der Waals surface area (Å²) in [5.41, 5.74) is -0.387. The van der Waals surface area contributed by atoms with Crippen LogP contribution in [0.15, 0.2) is 11.4 Å². The standard InChI is InChI=1S/C12H16O4S/c13-6-2-7-16-12(11(14)15)5-1-3-10-9(12)4-8-17-10/h4,8,13H,1-3,5-7H2,(H,14,15). The molecule has 2 rings (SSSR count). The molecule has 94 valence electrons. The number of rotatable bonds is 5. The van der Waals surface area contributed by atoms with E-state index in [0.29, 0.717) is 12.8 Å². The molecular formula is C12H16O4S. The third-order valence-corrected chi connectivity index (χ3v) is 4.09. The number of carboxylic acids is 1. The lowest BCUT2D eigenvalue weighted by molar-refractivity contribution is -0.170. The van der Waals surface area contributed by atoms with Crippen molar-refractivity contribution in [1.82, 2.24) is 0 Å². The molecule has 4 nitrogen and oxygen atoms in total. The zero-order chi connectivity index (χ0) is 12.3. The highest BCUT2D eigenvalue weighted by atomic mass is 32.1. The number of ether oxygens (including phenoxy) is 1. The van der Waals surface area contributed by atoms with Gasteiger partial charge in [-0.1, -0.05) is 0 Å². The fourth-order valence-corrected chi connectivity index (χ4v) is 3.26. The van der Waals surface area contributed by atoms with E-state index in [1.165, 1.54) is 0 Å². The number of aryl methyl sites for hydroxylation is 1. The van der Waals surface area contributed by atoms with Crippen LogP contribution < -0.4 is 0 Å². The number of hydrogen-bond donors (Lipinski definition) is 2. The van der Waals surface area contributed by atoms with Gasteiger partial charge in [0.15, 0.2) is 5.60 Å². The molecule has 1 aliphatic carbocycles. The lowest BCUT2D eigenvalue weighted by atomic mass is 9.83. The van der Waals surface area contributed by atoms with Crippen molar-refractivity contribution in [1.29, 1.82) is 0 Å². The van der Waals surface area contributed by atoms with Crippen molar-refractivity contribution in [3.05, 3.63) is 21.9 Å². The Morgan fingerprint density at radius 2 is 2.41 bits per heavy atom. The summed E-state index contributed by atoms with van der Waals surface area (Å²) in [4.78, 5) is 12.7. The van der Waals surface area contributed by atoms with Gasteiger partial charge in [0, 0.05) is 17.0 Å². The highest BCUT2D eigenvalue weighted by molar-refractivity contribution is 7.10. The molecule has 0 amide bonds. The van der Waals surface area contributed by atoms with E-state index in [0.717, 1.165) is 23.3 Å². The molecule has 17 heavy (non-hydrogen) atoms. The Labute approximate surface area is 104 Å². The first-order valence-corrected chi connectivity index (χ1v) is 6.64. The first-order valence-electron chi connectivity index (χ1n) is 5.76. The Kier molecular flexibility index (Phi) is 3.81. The number of thiophene rings is 1. The van der Waals surface area contributed by atoms with Crippen molar-refractivity contribution in [3.63, 3.8) is 0 Å². The SMILES string of the molecule is O=C(O)C1(OCCCO)CCCc2sccc21. The summed E-state index contributed by atoms with van der Waals surface area (Å²) >= 11 is 1.59. The van der Waals surface area contributed by atoms with Crippen molar-refractivity contribution in [2.45, 2.75) is 31.3 Å². The largest absolute Gasteiger partial charge is 0.479 e. The van der Waals surface area contributed by atoms with E-state index in [9.17, 15) is 9.90 Å². The minimum atomic E-state index is -1.19.